The molecule has 0 saturated heterocycles. The third-order valence-electron chi connectivity index (χ3n) is 3.02. The van der Waals surface area contributed by atoms with Crippen LogP contribution in [0.2, 0.25) is 0 Å². The molecule has 0 aliphatic carbocycles. The molecule has 0 saturated carbocycles. The van der Waals surface area contributed by atoms with E-state index in [4.69, 9.17) is 16.3 Å². The summed E-state index contributed by atoms with van der Waals surface area (Å²) in [6.07, 6.45) is 0.752. The fourth-order valence-electron chi connectivity index (χ4n) is 2.04. The van der Waals surface area contributed by atoms with Crippen LogP contribution >= 0.6 is 11.6 Å². The summed E-state index contributed by atoms with van der Waals surface area (Å²) in [6.45, 7) is 1.04. The zero-order valence-electron chi connectivity index (χ0n) is 9.86. The molecule has 1 aromatic carbocycles. The summed E-state index contributed by atoms with van der Waals surface area (Å²) in [5, 5.41) is 0. The van der Waals surface area contributed by atoms with Crippen LogP contribution in [0.25, 0.3) is 0 Å². The first kappa shape index (κ1) is 12.2. The number of carbonyl (C=O) groups is 1. The third-order valence-corrected chi connectivity index (χ3v) is 3.19. The molecular weight excluding hydrogens is 238 g/mol. The van der Waals surface area contributed by atoms with Crippen molar-refractivity contribution in [1.29, 1.82) is 0 Å². The van der Waals surface area contributed by atoms with Crippen LogP contribution in [0.3, 0.4) is 0 Å². The highest BCUT2D eigenvalue weighted by Gasteiger charge is 2.27. The lowest BCUT2D eigenvalue weighted by atomic mass is 9.95. The zero-order chi connectivity index (χ0) is 12.3. The first-order valence-corrected chi connectivity index (χ1v) is 6.27. The summed E-state index contributed by atoms with van der Waals surface area (Å²) in [5.41, 5.74) is 1.11. The minimum atomic E-state index is -0.0851. The Morgan fingerprint density at radius 2 is 2.29 bits per heavy atom. The molecular formula is C13H16ClNO2. The fourth-order valence-corrected chi connectivity index (χ4v) is 2.29. The maximum Gasteiger partial charge on any atom is 0.229 e. The number of hydrogen-bond donors (Lipinski definition) is 0. The number of ether oxygens (including phenoxy) is 1. The second kappa shape index (κ2) is 5.41. The van der Waals surface area contributed by atoms with E-state index in [1.807, 2.05) is 24.3 Å². The predicted molar refractivity (Wildman–Crippen MR) is 67.5 cm³/mol. The van der Waals surface area contributed by atoms with Gasteiger partial charge in [0.25, 0.3) is 0 Å². The van der Waals surface area contributed by atoms with Crippen LogP contribution in [0.5, 0.6) is 5.75 Å². The number of nitrogens with zero attached hydrogens (tertiary/aromatic N) is 1. The number of rotatable bonds is 3. The summed E-state index contributed by atoms with van der Waals surface area (Å²) >= 11 is 5.64. The maximum absolute atomic E-state index is 12.1. The maximum atomic E-state index is 12.1. The van der Waals surface area contributed by atoms with Crippen LogP contribution in [-0.4, -0.2) is 36.9 Å². The quantitative estimate of drug-likeness (QED) is 0.771. The van der Waals surface area contributed by atoms with E-state index in [2.05, 4.69) is 0 Å². The topological polar surface area (TPSA) is 29.5 Å². The van der Waals surface area contributed by atoms with Crippen LogP contribution in [0.1, 0.15) is 5.56 Å². The van der Waals surface area contributed by atoms with E-state index in [0.29, 0.717) is 19.0 Å². The Balaban J connectivity index is 2.05. The lowest BCUT2D eigenvalue weighted by Crippen LogP contribution is -2.39. The average Bonchev–Trinajstić information content (AvgIpc) is 2.37. The molecule has 0 bridgehead atoms. The lowest BCUT2D eigenvalue weighted by Gasteiger charge is -2.27. The molecule has 1 atom stereocenters. The number of carbonyl (C=O) groups excluding carboxylic acids is 1. The third kappa shape index (κ3) is 2.72. The van der Waals surface area contributed by atoms with Crippen LogP contribution in [0, 0.1) is 5.92 Å². The van der Waals surface area contributed by atoms with Crippen LogP contribution in [0.4, 0.5) is 0 Å². The number of fused-ring (bicyclic) bond motifs is 1. The van der Waals surface area contributed by atoms with Gasteiger partial charge in [-0.25, -0.2) is 0 Å². The number of alkyl halides is 1. The van der Waals surface area contributed by atoms with E-state index in [0.717, 1.165) is 17.7 Å². The summed E-state index contributed by atoms with van der Waals surface area (Å²) in [5.74, 6) is 1.39. The number of benzene rings is 1. The Morgan fingerprint density at radius 1 is 1.53 bits per heavy atom. The van der Waals surface area contributed by atoms with Gasteiger partial charge in [-0.05, 0) is 18.1 Å². The van der Waals surface area contributed by atoms with E-state index in [-0.39, 0.29) is 11.8 Å². The van der Waals surface area contributed by atoms with Crippen molar-refractivity contribution in [2.75, 3.05) is 26.1 Å². The number of halogens is 1. The van der Waals surface area contributed by atoms with Gasteiger partial charge in [-0.15, -0.1) is 11.6 Å². The molecule has 0 N–H and O–H groups in total. The predicted octanol–water partition coefficient (Wildman–Crippen LogP) is 1.93. The Labute approximate surface area is 106 Å². The molecule has 0 fully saturated rings. The van der Waals surface area contributed by atoms with E-state index >= 15 is 0 Å². The van der Waals surface area contributed by atoms with E-state index in [9.17, 15) is 4.79 Å². The average molecular weight is 254 g/mol. The van der Waals surface area contributed by atoms with E-state index in [1.165, 1.54) is 0 Å². The van der Waals surface area contributed by atoms with Gasteiger partial charge in [-0.1, -0.05) is 18.2 Å². The molecule has 1 heterocycles. The molecule has 92 valence electrons. The van der Waals surface area contributed by atoms with Crippen molar-refractivity contribution in [2.24, 2.45) is 5.92 Å². The van der Waals surface area contributed by atoms with Gasteiger partial charge in [0.05, 0.1) is 5.92 Å². The normalized spacial score (nSPS) is 18.1. The van der Waals surface area contributed by atoms with Gasteiger partial charge < -0.3 is 9.64 Å². The largest absolute Gasteiger partial charge is 0.492 e. The summed E-state index contributed by atoms with van der Waals surface area (Å²) in [6, 6.07) is 7.87. The van der Waals surface area contributed by atoms with Gasteiger partial charge in [0, 0.05) is 19.5 Å². The van der Waals surface area contributed by atoms with E-state index in [1.54, 1.807) is 11.9 Å². The van der Waals surface area contributed by atoms with Crippen molar-refractivity contribution in [3.63, 3.8) is 0 Å². The molecule has 3 nitrogen and oxygen atoms in total. The summed E-state index contributed by atoms with van der Waals surface area (Å²) in [7, 11) is 1.78. The molecule has 4 heteroatoms. The fraction of sp³-hybridized carbons (Fsp3) is 0.462. The lowest BCUT2D eigenvalue weighted by molar-refractivity contribution is -0.135. The van der Waals surface area contributed by atoms with Gasteiger partial charge in [-0.3, -0.25) is 4.79 Å². The van der Waals surface area contributed by atoms with Gasteiger partial charge in [-0.2, -0.15) is 0 Å². The highest BCUT2D eigenvalue weighted by molar-refractivity contribution is 6.18. The Morgan fingerprint density at radius 3 is 3.06 bits per heavy atom. The molecule has 0 spiro atoms. The second-order valence-corrected chi connectivity index (χ2v) is 4.65. The Kier molecular flexibility index (Phi) is 3.89. The number of amides is 1. The minimum absolute atomic E-state index is 0.0851. The SMILES string of the molecule is CN(CCCl)C(=O)C1COc2ccccc2C1. The highest BCUT2D eigenvalue weighted by Crippen LogP contribution is 2.27. The van der Waals surface area contributed by atoms with Crippen molar-refractivity contribution < 1.29 is 9.53 Å². The van der Waals surface area contributed by atoms with Gasteiger partial charge in [0.15, 0.2) is 0 Å². The first-order valence-electron chi connectivity index (χ1n) is 5.74. The van der Waals surface area contributed by atoms with Gasteiger partial charge >= 0.3 is 0 Å². The van der Waals surface area contributed by atoms with Crippen LogP contribution in [-0.2, 0) is 11.2 Å². The van der Waals surface area contributed by atoms with Gasteiger partial charge in [0.1, 0.15) is 12.4 Å². The molecule has 1 unspecified atom stereocenters. The molecule has 1 aliphatic rings. The molecule has 0 aromatic heterocycles. The van der Waals surface area contributed by atoms with Crippen molar-refractivity contribution in [3.05, 3.63) is 29.8 Å². The van der Waals surface area contributed by atoms with Crippen molar-refractivity contribution in [2.45, 2.75) is 6.42 Å². The number of hydrogen-bond acceptors (Lipinski definition) is 2. The van der Waals surface area contributed by atoms with Crippen LogP contribution in [0.15, 0.2) is 24.3 Å². The molecule has 0 radical (unpaired) electrons. The highest BCUT2D eigenvalue weighted by atomic mass is 35.5. The van der Waals surface area contributed by atoms with E-state index < -0.39 is 0 Å². The number of para-hydroxylation sites is 1. The molecule has 1 aliphatic heterocycles. The van der Waals surface area contributed by atoms with Gasteiger partial charge in [0.2, 0.25) is 5.91 Å². The second-order valence-electron chi connectivity index (χ2n) is 4.27. The standard InChI is InChI=1S/C13H16ClNO2/c1-15(7-6-14)13(16)11-8-10-4-2-3-5-12(10)17-9-11/h2-5,11H,6-9H2,1H3. The smallest absolute Gasteiger partial charge is 0.229 e. The van der Waals surface area contributed by atoms with Crippen LogP contribution < -0.4 is 4.74 Å². The first-order chi connectivity index (χ1) is 8.22. The molecule has 2 rings (SSSR count). The Hall–Kier alpha value is -1.22. The monoisotopic (exact) mass is 253 g/mol. The molecule has 1 aromatic rings. The van der Waals surface area contributed by atoms with Crippen molar-refractivity contribution in [3.8, 4) is 5.75 Å². The Bertz CT molecular complexity index is 408. The van der Waals surface area contributed by atoms with Crippen molar-refractivity contribution >= 4 is 17.5 Å². The zero-order valence-corrected chi connectivity index (χ0v) is 10.6. The minimum Gasteiger partial charge on any atom is -0.492 e. The summed E-state index contributed by atoms with van der Waals surface area (Å²) in [4.78, 5) is 13.8. The molecule has 17 heavy (non-hydrogen) atoms. The summed E-state index contributed by atoms with van der Waals surface area (Å²) < 4.78 is 5.61. The molecule has 1 amide bonds. The van der Waals surface area contributed by atoms with Crippen molar-refractivity contribution in [1.82, 2.24) is 4.90 Å².